The van der Waals surface area contributed by atoms with E-state index in [4.69, 9.17) is 5.11 Å². The Morgan fingerprint density at radius 3 is 3.12 bits per heavy atom. The summed E-state index contributed by atoms with van der Waals surface area (Å²) < 4.78 is 13.1. The number of rotatable bonds is 3. The van der Waals surface area contributed by atoms with Crippen LogP contribution in [0.4, 0.5) is 4.39 Å². The summed E-state index contributed by atoms with van der Waals surface area (Å²) in [4.78, 5) is 0. The van der Waals surface area contributed by atoms with Gasteiger partial charge in [-0.25, -0.2) is 4.39 Å². The number of halogens is 1. The molecule has 16 heavy (non-hydrogen) atoms. The van der Waals surface area contributed by atoms with E-state index in [2.05, 4.69) is 5.32 Å². The maximum Gasteiger partial charge on any atom is 0.123 e. The quantitative estimate of drug-likeness (QED) is 0.823. The van der Waals surface area contributed by atoms with E-state index in [0.717, 1.165) is 24.8 Å². The summed E-state index contributed by atoms with van der Waals surface area (Å²) in [7, 11) is 0. The lowest BCUT2D eigenvalue weighted by molar-refractivity contribution is 0.236. The van der Waals surface area contributed by atoms with Gasteiger partial charge in [0.25, 0.3) is 0 Å². The molecule has 88 valence electrons. The molecule has 0 saturated heterocycles. The van der Waals surface area contributed by atoms with E-state index in [1.807, 2.05) is 13.0 Å². The van der Waals surface area contributed by atoms with Gasteiger partial charge in [0.05, 0.1) is 6.61 Å². The van der Waals surface area contributed by atoms with Crippen molar-refractivity contribution in [2.75, 3.05) is 6.61 Å². The molecule has 2 N–H and O–H groups in total. The van der Waals surface area contributed by atoms with Gasteiger partial charge in [0.1, 0.15) is 5.82 Å². The number of hydrogen-bond acceptors (Lipinski definition) is 2. The van der Waals surface area contributed by atoms with Crippen LogP contribution in [0.2, 0.25) is 0 Å². The molecule has 0 bridgehead atoms. The fourth-order valence-electron chi connectivity index (χ4n) is 2.35. The first-order valence-corrected chi connectivity index (χ1v) is 5.86. The third kappa shape index (κ3) is 2.42. The zero-order chi connectivity index (χ0) is 11.5. The van der Waals surface area contributed by atoms with Crippen LogP contribution in [-0.2, 0) is 6.42 Å². The second kappa shape index (κ2) is 4.93. The van der Waals surface area contributed by atoms with Gasteiger partial charge >= 0.3 is 0 Å². The molecule has 0 aliphatic heterocycles. The van der Waals surface area contributed by atoms with Crippen molar-refractivity contribution in [3.05, 3.63) is 35.1 Å². The molecular weight excluding hydrogens is 205 g/mol. The highest BCUT2D eigenvalue weighted by atomic mass is 19.1. The third-order valence-corrected chi connectivity index (χ3v) is 3.18. The fraction of sp³-hybridized carbons (Fsp3) is 0.538. The molecule has 2 atom stereocenters. The first kappa shape index (κ1) is 11.6. The van der Waals surface area contributed by atoms with Gasteiger partial charge in [-0.3, -0.25) is 0 Å². The van der Waals surface area contributed by atoms with Crippen LogP contribution >= 0.6 is 0 Å². The van der Waals surface area contributed by atoms with Gasteiger partial charge in [0, 0.05) is 12.1 Å². The second-order valence-corrected chi connectivity index (χ2v) is 4.54. The van der Waals surface area contributed by atoms with Gasteiger partial charge in [0.2, 0.25) is 0 Å². The highest BCUT2D eigenvalue weighted by molar-refractivity contribution is 5.32. The Morgan fingerprint density at radius 1 is 1.56 bits per heavy atom. The van der Waals surface area contributed by atoms with E-state index in [-0.39, 0.29) is 24.5 Å². The Hall–Kier alpha value is -0.930. The van der Waals surface area contributed by atoms with Crippen LogP contribution in [0.15, 0.2) is 18.2 Å². The van der Waals surface area contributed by atoms with Crippen molar-refractivity contribution < 1.29 is 9.50 Å². The molecule has 1 aliphatic rings. The van der Waals surface area contributed by atoms with Crippen molar-refractivity contribution in [1.29, 1.82) is 0 Å². The van der Waals surface area contributed by atoms with Crippen LogP contribution in [0, 0.1) is 5.82 Å². The number of nitrogens with one attached hydrogen (secondary N) is 1. The van der Waals surface area contributed by atoms with Crippen molar-refractivity contribution in [3.63, 3.8) is 0 Å². The van der Waals surface area contributed by atoms with Crippen molar-refractivity contribution in [2.45, 2.75) is 38.3 Å². The van der Waals surface area contributed by atoms with Crippen LogP contribution < -0.4 is 5.32 Å². The summed E-state index contributed by atoms with van der Waals surface area (Å²) >= 11 is 0. The summed E-state index contributed by atoms with van der Waals surface area (Å²) in [5, 5.41) is 12.4. The molecule has 0 spiro atoms. The normalized spacial score (nSPS) is 21.6. The van der Waals surface area contributed by atoms with Gasteiger partial charge < -0.3 is 10.4 Å². The third-order valence-electron chi connectivity index (χ3n) is 3.18. The van der Waals surface area contributed by atoms with E-state index in [1.165, 1.54) is 11.6 Å². The fourth-order valence-corrected chi connectivity index (χ4v) is 2.35. The standard InChI is InChI=1S/C13H18FNO/c1-9(8-16)15-13-4-2-3-10-7-11(14)5-6-12(10)13/h5-7,9,13,15-16H,2-4,8H2,1H3/t9-,13?/m0/s1. The molecule has 0 fully saturated rings. The molecular formula is C13H18FNO. The zero-order valence-corrected chi connectivity index (χ0v) is 9.54. The van der Waals surface area contributed by atoms with E-state index in [0.29, 0.717) is 0 Å². The molecule has 0 radical (unpaired) electrons. The number of hydrogen-bond donors (Lipinski definition) is 2. The molecule has 2 rings (SSSR count). The highest BCUT2D eigenvalue weighted by Gasteiger charge is 2.21. The maximum absolute atomic E-state index is 13.1. The monoisotopic (exact) mass is 223 g/mol. The predicted octanol–water partition coefficient (Wildman–Crippen LogP) is 2.17. The molecule has 0 aromatic heterocycles. The minimum absolute atomic E-state index is 0.0843. The molecule has 1 aromatic rings. The second-order valence-electron chi connectivity index (χ2n) is 4.54. The average Bonchev–Trinajstić information content (AvgIpc) is 2.28. The smallest absolute Gasteiger partial charge is 0.123 e. The van der Waals surface area contributed by atoms with Crippen LogP contribution in [0.1, 0.15) is 36.9 Å². The summed E-state index contributed by atoms with van der Waals surface area (Å²) in [5.41, 5.74) is 2.29. The number of benzene rings is 1. The van der Waals surface area contributed by atoms with Gasteiger partial charge in [-0.2, -0.15) is 0 Å². The van der Waals surface area contributed by atoms with E-state index >= 15 is 0 Å². The first-order chi connectivity index (χ1) is 7.70. The number of aliphatic hydroxyl groups excluding tert-OH is 1. The van der Waals surface area contributed by atoms with Crippen LogP contribution in [0.5, 0.6) is 0 Å². The minimum atomic E-state index is -0.158. The number of aliphatic hydroxyl groups is 1. The van der Waals surface area contributed by atoms with E-state index < -0.39 is 0 Å². The van der Waals surface area contributed by atoms with Crippen LogP contribution in [-0.4, -0.2) is 17.8 Å². The lowest BCUT2D eigenvalue weighted by Gasteiger charge is -2.28. The summed E-state index contributed by atoms with van der Waals surface area (Å²) in [5.74, 6) is -0.158. The van der Waals surface area contributed by atoms with Gasteiger partial charge in [-0.1, -0.05) is 6.07 Å². The number of aryl methyl sites for hydroxylation is 1. The SMILES string of the molecule is C[C@@H](CO)NC1CCCc2cc(F)ccc21. The largest absolute Gasteiger partial charge is 0.395 e. The first-order valence-electron chi connectivity index (χ1n) is 5.86. The molecule has 0 amide bonds. The Labute approximate surface area is 95.5 Å². The van der Waals surface area contributed by atoms with Gasteiger partial charge in [-0.05, 0) is 49.4 Å². The van der Waals surface area contributed by atoms with Crippen molar-refractivity contribution in [1.82, 2.24) is 5.32 Å². The maximum atomic E-state index is 13.1. The Morgan fingerprint density at radius 2 is 2.38 bits per heavy atom. The molecule has 2 nitrogen and oxygen atoms in total. The van der Waals surface area contributed by atoms with Gasteiger partial charge in [0.15, 0.2) is 0 Å². The topological polar surface area (TPSA) is 32.3 Å². The molecule has 1 unspecified atom stereocenters. The Kier molecular flexibility index (Phi) is 3.56. The van der Waals surface area contributed by atoms with Crippen molar-refractivity contribution in [2.24, 2.45) is 0 Å². The van der Waals surface area contributed by atoms with Crippen molar-refractivity contribution in [3.8, 4) is 0 Å². The predicted molar refractivity (Wildman–Crippen MR) is 61.8 cm³/mol. The molecule has 3 heteroatoms. The van der Waals surface area contributed by atoms with Crippen LogP contribution in [0.3, 0.4) is 0 Å². The molecule has 0 heterocycles. The van der Waals surface area contributed by atoms with E-state index in [1.54, 1.807) is 6.07 Å². The Balaban J connectivity index is 2.19. The van der Waals surface area contributed by atoms with E-state index in [9.17, 15) is 4.39 Å². The lowest BCUT2D eigenvalue weighted by Crippen LogP contribution is -2.34. The summed E-state index contributed by atoms with van der Waals surface area (Å²) in [6.07, 6.45) is 3.09. The van der Waals surface area contributed by atoms with Crippen molar-refractivity contribution >= 4 is 0 Å². The highest BCUT2D eigenvalue weighted by Crippen LogP contribution is 2.30. The number of fused-ring (bicyclic) bond motifs is 1. The van der Waals surface area contributed by atoms with Crippen LogP contribution in [0.25, 0.3) is 0 Å². The lowest BCUT2D eigenvalue weighted by atomic mass is 9.87. The summed E-state index contributed by atoms with van der Waals surface area (Å²) in [6.45, 7) is 2.09. The Bertz CT molecular complexity index is 367. The summed E-state index contributed by atoms with van der Waals surface area (Å²) in [6, 6.07) is 5.35. The molecule has 1 aliphatic carbocycles. The molecule has 0 saturated carbocycles. The molecule has 1 aromatic carbocycles. The zero-order valence-electron chi connectivity index (χ0n) is 9.54. The minimum Gasteiger partial charge on any atom is -0.395 e. The van der Waals surface area contributed by atoms with Gasteiger partial charge in [-0.15, -0.1) is 0 Å². The average molecular weight is 223 g/mol.